The summed E-state index contributed by atoms with van der Waals surface area (Å²) < 4.78 is 32.3. The second kappa shape index (κ2) is 8.53. The number of carbonyl (C=O) groups is 1. The Kier molecular flexibility index (Phi) is 5.90. The van der Waals surface area contributed by atoms with E-state index in [0.29, 0.717) is 17.8 Å². The summed E-state index contributed by atoms with van der Waals surface area (Å²) in [6, 6.07) is 16.6. The molecule has 1 amide bonds. The van der Waals surface area contributed by atoms with Gasteiger partial charge in [0.25, 0.3) is 15.9 Å². The highest BCUT2D eigenvalue weighted by Gasteiger charge is 2.15. The number of hydrogen-bond donors (Lipinski definition) is 2. The van der Waals surface area contributed by atoms with Crippen molar-refractivity contribution in [2.24, 2.45) is 0 Å². The van der Waals surface area contributed by atoms with E-state index in [1.165, 1.54) is 30.6 Å². The summed E-state index contributed by atoms with van der Waals surface area (Å²) in [5, 5.41) is 2.81. The van der Waals surface area contributed by atoms with Gasteiger partial charge in [-0.2, -0.15) is 0 Å². The summed E-state index contributed by atoms with van der Waals surface area (Å²) in [5.41, 5.74) is 1.56. The first-order chi connectivity index (χ1) is 13.5. The molecule has 7 nitrogen and oxygen atoms in total. The molecule has 144 valence electrons. The molecule has 28 heavy (non-hydrogen) atoms. The SMILES string of the molecule is COc1ccc(CNC(=O)c2cccc(NS(=O)(=O)c3cccnc3)c2)cc1. The molecular weight excluding hydrogens is 378 g/mol. The fraction of sp³-hybridized carbons (Fsp3) is 0.100. The minimum Gasteiger partial charge on any atom is -0.497 e. The molecule has 0 aliphatic heterocycles. The van der Waals surface area contributed by atoms with Gasteiger partial charge >= 0.3 is 0 Å². The summed E-state index contributed by atoms with van der Waals surface area (Å²) in [7, 11) is -2.18. The quantitative estimate of drug-likeness (QED) is 0.639. The minimum absolute atomic E-state index is 0.0457. The molecule has 0 atom stereocenters. The first kappa shape index (κ1) is 19.4. The van der Waals surface area contributed by atoms with Gasteiger partial charge < -0.3 is 10.1 Å². The van der Waals surface area contributed by atoms with E-state index in [2.05, 4.69) is 15.0 Å². The van der Waals surface area contributed by atoms with Crippen LogP contribution in [0.4, 0.5) is 5.69 Å². The molecule has 0 bridgehead atoms. The lowest BCUT2D eigenvalue weighted by molar-refractivity contribution is 0.0951. The molecule has 1 aromatic heterocycles. The zero-order chi connectivity index (χ0) is 20.0. The molecule has 2 aromatic carbocycles. The van der Waals surface area contributed by atoms with E-state index in [0.717, 1.165) is 11.3 Å². The molecule has 2 N–H and O–H groups in total. The van der Waals surface area contributed by atoms with Gasteiger partial charge in [-0.15, -0.1) is 0 Å². The van der Waals surface area contributed by atoms with Crippen molar-refractivity contribution in [1.29, 1.82) is 0 Å². The third-order valence-electron chi connectivity index (χ3n) is 3.93. The Hall–Kier alpha value is -3.39. The highest BCUT2D eigenvalue weighted by atomic mass is 32.2. The first-order valence-electron chi connectivity index (χ1n) is 8.42. The normalized spacial score (nSPS) is 10.9. The number of nitrogens with zero attached hydrogens (tertiary/aromatic N) is 1. The van der Waals surface area contributed by atoms with E-state index >= 15 is 0 Å². The van der Waals surface area contributed by atoms with Crippen LogP contribution in [0, 0.1) is 0 Å². The average molecular weight is 397 g/mol. The Bertz CT molecular complexity index is 1050. The predicted molar refractivity (Wildman–Crippen MR) is 106 cm³/mol. The number of methoxy groups -OCH3 is 1. The Labute approximate surface area is 163 Å². The lowest BCUT2D eigenvalue weighted by Gasteiger charge is -2.10. The summed E-state index contributed by atoms with van der Waals surface area (Å²) in [5.74, 6) is 0.432. The second-order valence-corrected chi connectivity index (χ2v) is 7.59. The third-order valence-corrected chi connectivity index (χ3v) is 5.30. The molecular formula is C20H19N3O4S. The van der Waals surface area contributed by atoms with Crippen molar-refractivity contribution < 1.29 is 17.9 Å². The van der Waals surface area contributed by atoms with Crippen molar-refractivity contribution in [2.45, 2.75) is 11.4 Å². The van der Waals surface area contributed by atoms with Crippen LogP contribution < -0.4 is 14.8 Å². The van der Waals surface area contributed by atoms with Crippen LogP contribution in [0.25, 0.3) is 0 Å². The topological polar surface area (TPSA) is 97.4 Å². The van der Waals surface area contributed by atoms with Gasteiger partial charge in [-0.25, -0.2) is 8.42 Å². The van der Waals surface area contributed by atoms with Crippen molar-refractivity contribution in [3.63, 3.8) is 0 Å². The zero-order valence-corrected chi connectivity index (χ0v) is 15.9. The van der Waals surface area contributed by atoms with E-state index < -0.39 is 10.0 Å². The summed E-state index contributed by atoms with van der Waals surface area (Å²) in [4.78, 5) is 16.3. The zero-order valence-electron chi connectivity index (χ0n) is 15.1. The maximum atomic E-state index is 12.4. The van der Waals surface area contributed by atoms with Crippen LogP contribution in [0.15, 0.2) is 78.0 Å². The second-order valence-electron chi connectivity index (χ2n) is 5.91. The van der Waals surface area contributed by atoms with Gasteiger partial charge in [-0.1, -0.05) is 18.2 Å². The standard InChI is InChI=1S/C20H19N3O4S/c1-27-18-9-7-15(8-10-18)13-22-20(24)16-4-2-5-17(12-16)23-28(25,26)19-6-3-11-21-14-19/h2-12,14,23H,13H2,1H3,(H,22,24). The minimum atomic E-state index is -3.77. The number of ether oxygens (including phenoxy) is 1. The fourth-order valence-corrected chi connectivity index (χ4v) is 3.48. The number of pyridine rings is 1. The number of anilines is 1. The highest BCUT2D eigenvalue weighted by molar-refractivity contribution is 7.92. The van der Waals surface area contributed by atoms with Crippen LogP contribution in [0.5, 0.6) is 5.75 Å². The van der Waals surface area contributed by atoms with Crippen LogP contribution >= 0.6 is 0 Å². The molecule has 0 fully saturated rings. The molecule has 1 heterocycles. The molecule has 0 unspecified atom stereocenters. The number of sulfonamides is 1. The van der Waals surface area contributed by atoms with Gasteiger partial charge in [0.2, 0.25) is 0 Å². The van der Waals surface area contributed by atoms with Crippen molar-refractivity contribution in [3.05, 3.63) is 84.2 Å². The highest BCUT2D eigenvalue weighted by Crippen LogP contribution is 2.17. The molecule has 0 spiro atoms. The number of benzene rings is 2. The molecule has 8 heteroatoms. The largest absolute Gasteiger partial charge is 0.497 e. The van der Waals surface area contributed by atoms with Crippen LogP contribution in [-0.4, -0.2) is 26.4 Å². The molecule has 3 aromatic rings. The Morgan fingerprint density at radius 3 is 2.54 bits per heavy atom. The molecule has 0 aliphatic carbocycles. The van der Waals surface area contributed by atoms with Crippen molar-refractivity contribution in [3.8, 4) is 5.75 Å². The van der Waals surface area contributed by atoms with Crippen LogP contribution in [0.2, 0.25) is 0 Å². The van der Waals surface area contributed by atoms with E-state index in [4.69, 9.17) is 4.74 Å². The molecule has 0 aliphatic rings. The molecule has 3 rings (SSSR count). The van der Waals surface area contributed by atoms with Crippen LogP contribution in [-0.2, 0) is 16.6 Å². The van der Waals surface area contributed by atoms with Crippen molar-refractivity contribution in [1.82, 2.24) is 10.3 Å². The van der Waals surface area contributed by atoms with E-state index in [1.54, 1.807) is 25.3 Å². The van der Waals surface area contributed by atoms with Gasteiger partial charge in [0, 0.05) is 30.2 Å². The van der Waals surface area contributed by atoms with Crippen molar-refractivity contribution in [2.75, 3.05) is 11.8 Å². The van der Waals surface area contributed by atoms with Gasteiger partial charge in [0.1, 0.15) is 10.6 Å². The maximum Gasteiger partial charge on any atom is 0.263 e. The number of carbonyl (C=O) groups excluding carboxylic acids is 1. The van der Waals surface area contributed by atoms with Gasteiger partial charge in [-0.05, 0) is 48.0 Å². The first-order valence-corrected chi connectivity index (χ1v) is 9.90. The van der Waals surface area contributed by atoms with Gasteiger partial charge in [0.15, 0.2) is 0 Å². The Balaban J connectivity index is 1.67. The summed E-state index contributed by atoms with van der Waals surface area (Å²) in [6.45, 7) is 0.342. The predicted octanol–water partition coefficient (Wildman–Crippen LogP) is 2.82. The van der Waals surface area contributed by atoms with E-state index in [-0.39, 0.29) is 10.8 Å². The third kappa shape index (κ3) is 4.86. The molecule has 0 saturated heterocycles. The van der Waals surface area contributed by atoms with Gasteiger partial charge in [-0.3, -0.25) is 14.5 Å². The number of amides is 1. The number of rotatable bonds is 7. The fourth-order valence-electron chi connectivity index (χ4n) is 2.47. The lowest BCUT2D eigenvalue weighted by Crippen LogP contribution is -2.23. The number of nitrogens with one attached hydrogen (secondary N) is 2. The van der Waals surface area contributed by atoms with Crippen LogP contribution in [0.3, 0.4) is 0 Å². The number of hydrogen-bond acceptors (Lipinski definition) is 5. The van der Waals surface area contributed by atoms with E-state index in [1.807, 2.05) is 24.3 Å². The Morgan fingerprint density at radius 1 is 1.07 bits per heavy atom. The van der Waals surface area contributed by atoms with Crippen LogP contribution in [0.1, 0.15) is 15.9 Å². The van der Waals surface area contributed by atoms with Gasteiger partial charge in [0.05, 0.1) is 7.11 Å². The summed E-state index contributed by atoms with van der Waals surface area (Å²) in [6.07, 6.45) is 2.75. The smallest absolute Gasteiger partial charge is 0.263 e. The average Bonchev–Trinajstić information content (AvgIpc) is 2.73. The lowest BCUT2D eigenvalue weighted by atomic mass is 10.1. The maximum absolute atomic E-state index is 12.4. The van der Waals surface area contributed by atoms with Crippen molar-refractivity contribution >= 4 is 21.6 Å². The monoisotopic (exact) mass is 397 g/mol. The Morgan fingerprint density at radius 2 is 1.86 bits per heavy atom. The van der Waals surface area contributed by atoms with E-state index in [9.17, 15) is 13.2 Å². The molecule has 0 saturated carbocycles. The summed E-state index contributed by atoms with van der Waals surface area (Å²) >= 11 is 0. The molecule has 0 radical (unpaired) electrons. The number of aromatic nitrogens is 1.